The van der Waals surface area contributed by atoms with Crippen LogP contribution in [0.1, 0.15) is 5.56 Å². The van der Waals surface area contributed by atoms with Crippen LogP contribution in [0, 0.1) is 11.3 Å². The van der Waals surface area contributed by atoms with Crippen LogP contribution in [0.3, 0.4) is 0 Å². The van der Waals surface area contributed by atoms with Crippen LogP contribution in [0.15, 0.2) is 29.3 Å². The van der Waals surface area contributed by atoms with Gasteiger partial charge in [0.05, 0.1) is 18.0 Å². The van der Waals surface area contributed by atoms with E-state index in [0.717, 1.165) is 0 Å². The molecule has 0 atom stereocenters. The lowest BCUT2D eigenvalue weighted by Crippen LogP contribution is -2.00. The molecule has 0 unspecified atom stereocenters. The fraction of sp³-hybridized carbons (Fsp3) is 0. The van der Waals surface area contributed by atoms with Crippen molar-refractivity contribution < 1.29 is 0 Å². The van der Waals surface area contributed by atoms with Gasteiger partial charge in [0, 0.05) is 6.20 Å². The van der Waals surface area contributed by atoms with Gasteiger partial charge in [-0.05, 0) is 22.0 Å². The molecule has 0 spiro atoms. The molecule has 0 saturated carbocycles. The van der Waals surface area contributed by atoms with E-state index in [9.17, 15) is 0 Å². The molecule has 2 aromatic heterocycles. The average molecular weight is 250 g/mol. The van der Waals surface area contributed by atoms with E-state index in [1.165, 1.54) is 10.9 Å². The van der Waals surface area contributed by atoms with E-state index in [2.05, 4.69) is 31.0 Å². The van der Waals surface area contributed by atoms with E-state index in [0.29, 0.717) is 16.1 Å². The van der Waals surface area contributed by atoms with Gasteiger partial charge < -0.3 is 0 Å². The fourth-order valence-electron chi connectivity index (χ4n) is 0.927. The molecular formula is C8H4BrN5. The van der Waals surface area contributed by atoms with Crippen LogP contribution >= 0.6 is 15.9 Å². The van der Waals surface area contributed by atoms with E-state index in [4.69, 9.17) is 5.26 Å². The molecule has 0 radical (unpaired) electrons. The molecule has 14 heavy (non-hydrogen) atoms. The van der Waals surface area contributed by atoms with Gasteiger partial charge in [-0.3, -0.25) is 0 Å². The molecule has 0 fully saturated rings. The van der Waals surface area contributed by atoms with Crippen molar-refractivity contribution in [3.05, 3.63) is 34.8 Å². The second-order valence-electron chi connectivity index (χ2n) is 2.46. The van der Waals surface area contributed by atoms with Crippen LogP contribution in [-0.4, -0.2) is 19.7 Å². The zero-order valence-electron chi connectivity index (χ0n) is 6.92. The Bertz CT molecular complexity index is 498. The van der Waals surface area contributed by atoms with Gasteiger partial charge >= 0.3 is 0 Å². The molecule has 0 bridgehead atoms. The van der Waals surface area contributed by atoms with Crippen LogP contribution in [0.4, 0.5) is 0 Å². The lowest BCUT2D eigenvalue weighted by atomic mass is 10.4. The number of hydrogen-bond donors (Lipinski definition) is 0. The first kappa shape index (κ1) is 8.84. The molecule has 2 heterocycles. The van der Waals surface area contributed by atoms with Gasteiger partial charge in [0.2, 0.25) is 0 Å². The monoisotopic (exact) mass is 249 g/mol. The summed E-state index contributed by atoms with van der Waals surface area (Å²) in [5.74, 6) is 0.431. The second-order valence-corrected chi connectivity index (χ2v) is 3.28. The summed E-state index contributed by atoms with van der Waals surface area (Å²) in [6, 6.07) is 3.70. The minimum atomic E-state index is 0.431. The van der Waals surface area contributed by atoms with E-state index < -0.39 is 0 Å². The Kier molecular flexibility index (Phi) is 2.24. The lowest BCUT2D eigenvalue weighted by Gasteiger charge is -1.97. The van der Waals surface area contributed by atoms with Crippen molar-refractivity contribution in [1.29, 1.82) is 5.26 Å². The summed E-state index contributed by atoms with van der Waals surface area (Å²) in [5, 5.41) is 12.5. The standard InChI is InChI=1S/C8H4BrN5/c9-7-1-2-11-8(13-7)14-5-6(3-10)4-12-14/h1-2,4-5H. The number of halogens is 1. The highest BCUT2D eigenvalue weighted by atomic mass is 79.9. The van der Waals surface area contributed by atoms with Crippen molar-refractivity contribution in [2.45, 2.75) is 0 Å². The van der Waals surface area contributed by atoms with Gasteiger partial charge in [-0.1, -0.05) is 0 Å². The molecule has 68 valence electrons. The molecule has 0 N–H and O–H groups in total. The first-order valence-electron chi connectivity index (χ1n) is 3.73. The third kappa shape index (κ3) is 1.63. The molecule has 5 nitrogen and oxygen atoms in total. The molecule has 0 aromatic carbocycles. The number of hydrogen-bond acceptors (Lipinski definition) is 4. The third-order valence-corrected chi connectivity index (χ3v) is 1.97. The Morgan fingerprint density at radius 2 is 2.36 bits per heavy atom. The van der Waals surface area contributed by atoms with Crippen molar-refractivity contribution in [2.75, 3.05) is 0 Å². The highest BCUT2D eigenvalue weighted by Crippen LogP contribution is 2.07. The Morgan fingerprint density at radius 1 is 1.50 bits per heavy atom. The lowest BCUT2D eigenvalue weighted by molar-refractivity contribution is 0.804. The summed E-state index contributed by atoms with van der Waals surface area (Å²) in [6.45, 7) is 0. The minimum Gasteiger partial charge on any atom is -0.220 e. The maximum absolute atomic E-state index is 8.60. The third-order valence-electron chi connectivity index (χ3n) is 1.53. The Labute approximate surface area is 88.2 Å². The Hall–Kier alpha value is -1.74. The zero-order valence-corrected chi connectivity index (χ0v) is 8.51. The summed E-state index contributed by atoms with van der Waals surface area (Å²) >= 11 is 3.23. The van der Waals surface area contributed by atoms with Crippen molar-refractivity contribution in [2.24, 2.45) is 0 Å². The normalized spacial score (nSPS) is 9.71. The molecule has 0 amide bonds. The second kappa shape index (κ2) is 3.55. The van der Waals surface area contributed by atoms with Gasteiger partial charge in [0.1, 0.15) is 10.7 Å². The average Bonchev–Trinajstić information content (AvgIpc) is 2.66. The first-order chi connectivity index (χ1) is 6.79. The molecule has 2 rings (SSSR count). The highest BCUT2D eigenvalue weighted by Gasteiger charge is 2.02. The van der Waals surface area contributed by atoms with Crippen molar-refractivity contribution in [3.8, 4) is 12.0 Å². The topological polar surface area (TPSA) is 67.4 Å². The minimum absolute atomic E-state index is 0.431. The molecule has 0 aliphatic heterocycles. The van der Waals surface area contributed by atoms with Crippen LogP contribution in [-0.2, 0) is 0 Å². The van der Waals surface area contributed by atoms with E-state index in [1.54, 1.807) is 18.5 Å². The van der Waals surface area contributed by atoms with E-state index in [-0.39, 0.29) is 0 Å². The first-order valence-corrected chi connectivity index (χ1v) is 4.52. The maximum atomic E-state index is 8.60. The summed E-state index contributed by atoms with van der Waals surface area (Å²) in [5.41, 5.74) is 0.480. The van der Waals surface area contributed by atoms with E-state index in [1.807, 2.05) is 6.07 Å². The van der Waals surface area contributed by atoms with Crippen LogP contribution in [0.5, 0.6) is 0 Å². The number of nitriles is 1. The molecular weight excluding hydrogens is 246 g/mol. The Morgan fingerprint density at radius 3 is 3.00 bits per heavy atom. The van der Waals surface area contributed by atoms with Crippen molar-refractivity contribution in [1.82, 2.24) is 19.7 Å². The van der Waals surface area contributed by atoms with Gasteiger partial charge in [-0.2, -0.15) is 10.4 Å². The van der Waals surface area contributed by atoms with Gasteiger partial charge in [-0.15, -0.1) is 0 Å². The van der Waals surface area contributed by atoms with Gasteiger partial charge in [0.25, 0.3) is 5.95 Å². The highest BCUT2D eigenvalue weighted by molar-refractivity contribution is 9.10. The molecule has 0 aliphatic carbocycles. The van der Waals surface area contributed by atoms with Crippen molar-refractivity contribution in [3.63, 3.8) is 0 Å². The maximum Gasteiger partial charge on any atom is 0.251 e. The largest absolute Gasteiger partial charge is 0.251 e. The number of rotatable bonds is 1. The zero-order chi connectivity index (χ0) is 9.97. The number of aromatic nitrogens is 4. The number of nitrogens with zero attached hydrogens (tertiary/aromatic N) is 5. The SMILES string of the molecule is N#Cc1cnn(-c2nccc(Br)n2)c1. The molecule has 2 aromatic rings. The van der Waals surface area contributed by atoms with Crippen LogP contribution in [0.2, 0.25) is 0 Å². The Balaban J connectivity index is 2.45. The smallest absolute Gasteiger partial charge is 0.220 e. The summed E-state index contributed by atoms with van der Waals surface area (Å²) < 4.78 is 2.13. The summed E-state index contributed by atoms with van der Waals surface area (Å²) in [6.07, 6.45) is 4.65. The van der Waals surface area contributed by atoms with Gasteiger partial charge in [0.15, 0.2) is 0 Å². The van der Waals surface area contributed by atoms with Gasteiger partial charge in [-0.25, -0.2) is 14.6 Å². The predicted molar refractivity (Wildman–Crippen MR) is 51.6 cm³/mol. The van der Waals surface area contributed by atoms with E-state index >= 15 is 0 Å². The molecule has 6 heteroatoms. The summed E-state index contributed by atoms with van der Waals surface area (Å²) in [7, 11) is 0. The van der Waals surface area contributed by atoms with Crippen LogP contribution < -0.4 is 0 Å². The fourth-order valence-corrected chi connectivity index (χ4v) is 1.20. The van der Waals surface area contributed by atoms with Crippen LogP contribution in [0.25, 0.3) is 5.95 Å². The molecule has 0 aliphatic rings. The predicted octanol–water partition coefficient (Wildman–Crippen LogP) is 1.30. The summed E-state index contributed by atoms with van der Waals surface area (Å²) in [4.78, 5) is 8.10. The molecule has 0 saturated heterocycles. The quantitative estimate of drug-likeness (QED) is 0.715. The van der Waals surface area contributed by atoms with Crippen molar-refractivity contribution >= 4 is 15.9 Å².